The lowest BCUT2D eigenvalue weighted by molar-refractivity contribution is 1.01. The molecule has 1 aromatic heterocycles. The molecule has 0 bridgehead atoms. The Bertz CT molecular complexity index is 403. The van der Waals surface area contributed by atoms with E-state index in [0.29, 0.717) is 0 Å². The van der Waals surface area contributed by atoms with Gasteiger partial charge in [0, 0.05) is 18.1 Å². The van der Waals surface area contributed by atoms with Crippen LogP contribution in [0.25, 0.3) is 5.69 Å². The van der Waals surface area contributed by atoms with Gasteiger partial charge in [0.15, 0.2) is 4.73 Å². The Morgan fingerprint density at radius 1 is 1.23 bits per heavy atom. The van der Waals surface area contributed by atoms with E-state index in [1.165, 1.54) is 5.56 Å². The molecular weight excluding hydrogens is 228 g/mol. The van der Waals surface area contributed by atoms with E-state index in [0.717, 1.165) is 10.4 Å². The zero-order valence-corrected chi connectivity index (χ0v) is 8.82. The Morgan fingerprint density at radius 3 is 2.46 bits per heavy atom. The minimum atomic E-state index is 0.830. The molecule has 66 valence electrons. The normalized spacial score (nSPS) is 10.3. The van der Waals surface area contributed by atoms with Crippen LogP contribution in [0.15, 0.2) is 41.4 Å². The molecule has 2 rings (SSSR count). The summed E-state index contributed by atoms with van der Waals surface area (Å²) in [6, 6.07) is 8.31. The fraction of sp³-hybridized carbons (Fsp3) is 0.100. The van der Waals surface area contributed by atoms with Gasteiger partial charge in [0.25, 0.3) is 0 Å². The van der Waals surface area contributed by atoms with Crippen molar-refractivity contribution in [2.75, 3.05) is 0 Å². The third-order valence-corrected chi connectivity index (χ3v) is 2.49. The highest BCUT2D eigenvalue weighted by atomic mass is 79.9. The molecule has 3 heteroatoms. The Kier molecular flexibility index (Phi) is 2.19. The van der Waals surface area contributed by atoms with Crippen LogP contribution in [0.4, 0.5) is 0 Å². The first kappa shape index (κ1) is 8.51. The van der Waals surface area contributed by atoms with Gasteiger partial charge in [-0.3, -0.25) is 4.57 Å². The van der Waals surface area contributed by atoms with Crippen molar-refractivity contribution in [3.05, 3.63) is 47.0 Å². The minimum Gasteiger partial charge on any atom is -0.294 e. The Morgan fingerprint density at radius 2 is 1.92 bits per heavy atom. The van der Waals surface area contributed by atoms with Gasteiger partial charge >= 0.3 is 0 Å². The lowest BCUT2D eigenvalue weighted by Crippen LogP contribution is -1.91. The van der Waals surface area contributed by atoms with Crippen molar-refractivity contribution in [2.45, 2.75) is 6.92 Å². The lowest BCUT2D eigenvalue weighted by Gasteiger charge is -2.03. The molecule has 2 aromatic rings. The van der Waals surface area contributed by atoms with Crippen molar-refractivity contribution >= 4 is 15.9 Å². The standard InChI is InChI=1S/C10H9BrN2/c1-8-2-4-9(5-3-8)13-7-6-12-10(13)11/h2-7H,1H3. The topological polar surface area (TPSA) is 17.8 Å². The molecule has 0 saturated carbocycles. The molecule has 0 atom stereocenters. The van der Waals surface area contributed by atoms with Gasteiger partial charge in [0.05, 0.1) is 0 Å². The summed E-state index contributed by atoms with van der Waals surface area (Å²) < 4.78 is 2.82. The average molecular weight is 237 g/mol. The van der Waals surface area contributed by atoms with Crippen molar-refractivity contribution in [1.29, 1.82) is 0 Å². The van der Waals surface area contributed by atoms with Gasteiger partial charge in [0.2, 0.25) is 0 Å². The van der Waals surface area contributed by atoms with E-state index in [-0.39, 0.29) is 0 Å². The second-order valence-electron chi connectivity index (χ2n) is 2.90. The van der Waals surface area contributed by atoms with E-state index in [1.54, 1.807) is 6.20 Å². The summed E-state index contributed by atoms with van der Waals surface area (Å²) in [4.78, 5) is 4.10. The zero-order valence-electron chi connectivity index (χ0n) is 7.24. The molecule has 0 aliphatic heterocycles. The number of halogens is 1. The van der Waals surface area contributed by atoms with Gasteiger partial charge in [0.1, 0.15) is 0 Å². The zero-order chi connectivity index (χ0) is 9.26. The first-order valence-corrected chi connectivity index (χ1v) is 4.82. The van der Waals surface area contributed by atoms with Gasteiger partial charge in [-0.05, 0) is 35.0 Å². The first-order chi connectivity index (χ1) is 6.27. The molecule has 0 spiro atoms. The van der Waals surface area contributed by atoms with Crippen molar-refractivity contribution in [3.8, 4) is 5.69 Å². The molecule has 0 radical (unpaired) electrons. The van der Waals surface area contributed by atoms with Gasteiger partial charge in [-0.2, -0.15) is 0 Å². The fourth-order valence-electron chi connectivity index (χ4n) is 1.18. The summed E-state index contributed by atoms with van der Waals surface area (Å²) in [5.74, 6) is 0. The van der Waals surface area contributed by atoms with E-state index in [2.05, 4.69) is 52.1 Å². The summed E-state index contributed by atoms with van der Waals surface area (Å²) in [6.07, 6.45) is 3.69. The van der Waals surface area contributed by atoms with E-state index >= 15 is 0 Å². The molecule has 0 aliphatic carbocycles. The lowest BCUT2D eigenvalue weighted by atomic mass is 10.2. The molecule has 0 unspecified atom stereocenters. The predicted molar refractivity (Wildman–Crippen MR) is 56.0 cm³/mol. The van der Waals surface area contributed by atoms with E-state index in [4.69, 9.17) is 0 Å². The predicted octanol–water partition coefficient (Wildman–Crippen LogP) is 2.94. The van der Waals surface area contributed by atoms with Crippen molar-refractivity contribution in [1.82, 2.24) is 9.55 Å². The molecule has 0 amide bonds. The minimum absolute atomic E-state index is 0.830. The SMILES string of the molecule is Cc1ccc(-n2ccnc2Br)cc1. The molecule has 0 fully saturated rings. The summed E-state index contributed by atoms with van der Waals surface area (Å²) in [6.45, 7) is 2.08. The highest BCUT2D eigenvalue weighted by molar-refractivity contribution is 9.10. The number of aryl methyl sites for hydroxylation is 1. The largest absolute Gasteiger partial charge is 0.294 e. The number of hydrogen-bond acceptors (Lipinski definition) is 1. The molecule has 1 heterocycles. The van der Waals surface area contributed by atoms with E-state index < -0.39 is 0 Å². The maximum absolute atomic E-state index is 4.10. The van der Waals surface area contributed by atoms with Crippen LogP contribution in [0.3, 0.4) is 0 Å². The van der Waals surface area contributed by atoms with Gasteiger partial charge < -0.3 is 0 Å². The molecule has 13 heavy (non-hydrogen) atoms. The smallest absolute Gasteiger partial charge is 0.181 e. The van der Waals surface area contributed by atoms with Crippen molar-refractivity contribution < 1.29 is 0 Å². The van der Waals surface area contributed by atoms with Crippen molar-refractivity contribution in [2.24, 2.45) is 0 Å². The highest BCUT2D eigenvalue weighted by Gasteiger charge is 1.99. The molecule has 0 N–H and O–H groups in total. The summed E-state index contributed by atoms with van der Waals surface area (Å²) in [5.41, 5.74) is 2.38. The third kappa shape index (κ3) is 1.65. The maximum Gasteiger partial charge on any atom is 0.181 e. The molecule has 2 nitrogen and oxygen atoms in total. The highest BCUT2D eigenvalue weighted by Crippen LogP contribution is 2.15. The second-order valence-corrected chi connectivity index (χ2v) is 3.61. The van der Waals surface area contributed by atoms with Crippen LogP contribution in [0, 0.1) is 6.92 Å². The van der Waals surface area contributed by atoms with E-state index in [1.807, 2.05) is 10.8 Å². The Labute approximate surface area is 85.4 Å². The molecular formula is C10H9BrN2. The number of hydrogen-bond donors (Lipinski definition) is 0. The van der Waals surface area contributed by atoms with Gasteiger partial charge in [-0.1, -0.05) is 17.7 Å². The van der Waals surface area contributed by atoms with Crippen molar-refractivity contribution in [3.63, 3.8) is 0 Å². The second kappa shape index (κ2) is 3.34. The summed E-state index contributed by atoms with van der Waals surface area (Å²) in [5, 5.41) is 0. The fourth-order valence-corrected chi connectivity index (χ4v) is 1.62. The molecule has 0 aliphatic rings. The number of rotatable bonds is 1. The quantitative estimate of drug-likeness (QED) is 0.745. The average Bonchev–Trinajstić information content (AvgIpc) is 2.53. The van der Waals surface area contributed by atoms with Crippen LogP contribution in [0.5, 0.6) is 0 Å². The molecule has 0 saturated heterocycles. The summed E-state index contributed by atoms with van der Waals surface area (Å²) in [7, 11) is 0. The number of imidazole rings is 1. The van der Waals surface area contributed by atoms with Crippen LogP contribution >= 0.6 is 15.9 Å². The van der Waals surface area contributed by atoms with E-state index in [9.17, 15) is 0 Å². The first-order valence-electron chi connectivity index (χ1n) is 4.03. The number of nitrogens with zero attached hydrogens (tertiary/aromatic N) is 2. The number of aromatic nitrogens is 2. The van der Waals surface area contributed by atoms with Crippen LogP contribution in [-0.4, -0.2) is 9.55 Å². The van der Waals surface area contributed by atoms with Crippen LogP contribution < -0.4 is 0 Å². The molecule has 1 aromatic carbocycles. The van der Waals surface area contributed by atoms with Gasteiger partial charge in [-0.15, -0.1) is 0 Å². The maximum atomic E-state index is 4.10. The van der Waals surface area contributed by atoms with Crippen LogP contribution in [-0.2, 0) is 0 Å². The Balaban J connectivity index is 2.47. The summed E-state index contributed by atoms with van der Waals surface area (Å²) >= 11 is 3.37. The Hall–Kier alpha value is -1.09. The number of benzene rings is 1. The monoisotopic (exact) mass is 236 g/mol. The van der Waals surface area contributed by atoms with Gasteiger partial charge in [-0.25, -0.2) is 4.98 Å². The van der Waals surface area contributed by atoms with Crippen LogP contribution in [0.2, 0.25) is 0 Å². The van der Waals surface area contributed by atoms with Crippen LogP contribution in [0.1, 0.15) is 5.56 Å². The third-order valence-electron chi connectivity index (χ3n) is 1.91.